The van der Waals surface area contributed by atoms with Gasteiger partial charge >= 0.3 is 0 Å². The van der Waals surface area contributed by atoms with Crippen LogP contribution in [-0.2, 0) is 20.0 Å². The predicted octanol–water partition coefficient (Wildman–Crippen LogP) is 1.83. The second-order valence-electron chi connectivity index (χ2n) is 6.88. The molecule has 130 valence electrons. The van der Waals surface area contributed by atoms with Crippen molar-refractivity contribution in [2.24, 2.45) is 7.05 Å². The molecule has 0 spiro atoms. The number of carbonyl (C=O) groups is 1. The van der Waals surface area contributed by atoms with Crippen molar-refractivity contribution in [2.75, 3.05) is 0 Å². The topological polar surface area (TPSA) is 77.6 Å². The van der Waals surface area contributed by atoms with E-state index in [-0.39, 0.29) is 11.9 Å². The Labute approximate surface area is 146 Å². The first kappa shape index (κ1) is 15.8. The fourth-order valence-corrected chi connectivity index (χ4v) is 3.72. The number of nitrogens with one attached hydrogen (secondary N) is 1. The van der Waals surface area contributed by atoms with E-state index in [1.54, 1.807) is 4.68 Å². The third-order valence-electron chi connectivity index (χ3n) is 4.79. The molecule has 7 heteroatoms. The Morgan fingerprint density at radius 1 is 1.24 bits per heavy atom. The molecule has 4 heterocycles. The molecule has 3 aromatic rings. The summed E-state index contributed by atoms with van der Waals surface area (Å²) in [4.78, 5) is 22.0. The lowest BCUT2D eigenvalue weighted by molar-refractivity contribution is 0.0929. The van der Waals surface area contributed by atoms with Gasteiger partial charge in [0.05, 0.1) is 22.3 Å². The van der Waals surface area contributed by atoms with Crippen LogP contribution in [0.1, 0.15) is 39.7 Å². The average molecular weight is 338 g/mol. The number of carbonyl (C=O) groups excluding carboxylic acids is 1. The van der Waals surface area contributed by atoms with E-state index in [0.29, 0.717) is 5.56 Å². The summed E-state index contributed by atoms with van der Waals surface area (Å²) in [5.74, 6) is 1.05. The molecular formula is C18H22N6O. The second kappa shape index (κ2) is 5.68. The zero-order valence-corrected chi connectivity index (χ0v) is 15.0. The number of amides is 1. The maximum atomic E-state index is 13.0. The molecule has 25 heavy (non-hydrogen) atoms. The van der Waals surface area contributed by atoms with Gasteiger partial charge in [-0.1, -0.05) is 0 Å². The standard InChI is InChI=1S/C18H22N6O/c1-10-7-14(16-12(3)22-23(4)17(16)20-10)18(25)21-13-5-6-15-19-11(2)8-24(15)9-13/h7-8,13H,5-6,9H2,1-4H3,(H,21,25)/t13-/m1/s1. The normalized spacial score (nSPS) is 16.9. The molecule has 1 N–H and O–H groups in total. The van der Waals surface area contributed by atoms with E-state index in [1.165, 1.54) is 0 Å². The summed E-state index contributed by atoms with van der Waals surface area (Å²) in [6.07, 6.45) is 3.84. The van der Waals surface area contributed by atoms with Crippen LogP contribution in [0.2, 0.25) is 0 Å². The number of imidazole rings is 1. The highest BCUT2D eigenvalue weighted by Crippen LogP contribution is 2.22. The van der Waals surface area contributed by atoms with Gasteiger partial charge in [0.25, 0.3) is 5.91 Å². The first-order valence-electron chi connectivity index (χ1n) is 8.57. The highest BCUT2D eigenvalue weighted by atomic mass is 16.1. The Balaban J connectivity index is 1.63. The number of hydrogen-bond donors (Lipinski definition) is 1. The molecule has 1 aliphatic heterocycles. The van der Waals surface area contributed by atoms with Gasteiger partial charge in [0.1, 0.15) is 5.82 Å². The molecule has 0 saturated carbocycles. The number of rotatable bonds is 2. The molecular weight excluding hydrogens is 316 g/mol. The van der Waals surface area contributed by atoms with Crippen molar-refractivity contribution in [3.05, 3.63) is 40.7 Å². The van der Waals surface area contributed by atoms with E-state index in [4.69, 9.17) is 0 Å². The Bertz CT molecular complexity index is 983. The third kappa shape index (κ3) is 2.69. The van der Waals surface area contributed by atoms with E-state index in [9.17, 15) is 4.79 Å². The molecule has 1 aliphatic rings. The summed E-state index contributed by atoms with van der Waals surface area (Å²) in [7, 11) is 1.85. The number of aromatic nitrogens is 5. The van der Waals surface area contributed by atoms with Crippen molar-refractivity contribution in [1.82, 2.24) is 29.6 Å². The fourth-order valence-electron chi connectivity index (χ4n) is 3.72. The molecule has 0 bridgehead atoms. The van der Waals surface area contributed by atoms with Crippen molar-refractivity contribution >= 4 is 16.9 Å². The molecule has 1 amide bonds. The molecule has 0 aromatic carbocycles. The summed E-state index contributed by atoms with van der Waals surface area (Å²) in [5, 5.41) is 8.44. The predicted molar refractivity (Wildman–Crippen MR) is 94.5 cm³/mol. The fraction of sp³-hybridized carbons (Fsp3) is 0.444. The van der Waals surface area contributed by atoms with Crippen LogP contribution in [0, 0.1) is 20.8 Å². The van der Waals surface area contributed by atoms with Gasteiger partial charge in [-0.3, -0.25) is 9.48 Å². The maximum absolute atomic E-state index is 13.0. The van der Waals surface area contributed by atoms with Crippen LogP contribution < -0.4 is 5.32 Å². The van der Waals surface area contributed by atoms with Crippen LogP contribution in [0.25, 0.3) is 11.0 Å². The van der Waals surface area contributed by atoms with Crippen LogP contribution in [-0.4, -0.2) is 36.3 Å². The minimum Gasteiger partial charge on any atom is -0.347 e. The average Bonchev–Trinajstić information content (AvgIpc) is 3.05. The van der Waals surface area contributed by atoms with Crippen LogP contribution in [0.15, 0.2) is 12.3 Å². The van der Waals surface area contributed by atoms with Crippen molar-refractivity contribution in [3.63, 3.8) is 0 Å². The van der Waals surface area contributed by atoms with E-state index in [2.05, 4.69) is 25.0 Å². The van der Waals surface area contributed by atoms with E-state index in [0.717, 1.165) is 53.3 Å². The Morgan fingerprint density at radius 2 is 2.04 bits per heavy atom. The van der Waals surface area contributed by atoms with E-state index >= 15 is 0 Å². The molecule has 0 unspecified atom stereocenters. The number of nitrogens with zero attached hydrogens (tertiary/aromatic N) is 5. The van der Waals surface area contributed by atoms with Gasteiger partial charge in [-0.15, -0.1) is 0 Å². The lowest BCUT2D eigenvalue weighted by atomic mass is 10.0. The van der Waals surface area contributed by atoms with Crippen LogP contribution >= 0.6 is 0 Å². The summed E-state index contributed by atoms with van der Waals surface area (Å²) >= 11 is 0. The number of fused-ring (bicyclic) bond motifs is 2. The maximum Gasteiger partial charge on any atom is 0.252 e. The first-order valence-corrected chi connectivity index (χ1v) is 8.57. The van der Waals surface area contributed by atoms with Gasteiger partial charge in [-0.2, -0.15) is 5.10 Å². The van der Waals surface area contributed by atoms with Gasteiger partial charge in [0, 0.05) is 37.9 Å². The summed E-state index contributed by atoms with van der Waals surface area (Å²) in [6, 6.07) is 1.95. The third-order valence-corrected chi connectivity index (χ3v) is 4.79. The zero-order valence-electron chi connectivity index (χ0n) is 15.0. The SMILES string of the molecule is Cc1cn2c(n1)CC[C@@H](NC(=O)c1cc(C)nc3c1c(C)nn3C)C2. The van der Waals surface area contributed by atoms with Gasteiger partial charge in [-0.25, -0.2) is 9.97 Å². The molecule has 3 aromatic heterocycles. The molecule has 1 atom stereocenters. The van der Waals surface area contributed by atoms with Crippen molar-refractivity contribution in [3.8, 4) is 0 Å². The van der Waals surface area contributed by atoms with Crippen LogP contribution in [0.5, 0.6) is 0 Å². The van der Waals surface area contributed by atoms with Gasteiger partial charge < -0.3 is 9.88 Å². The molecule has 0 saturated heterocycles. The second-order valence-corrected chi connectivity index (χ2v) is 6.88. The summed E-state index contributed by atoms with van der Waals surface area (Å²) in [5.41, 5.74) is 4.07. The number of aryl methyl sites for hydroxylation is 5. The lowest BCUT2D eigenvalue weighted by Gasteiger charge is -2.25. The van der Waals surface area contributed by atoms with Gasteiger partial charge in [0.2, 0.25) is 0 Å². The quantitative estimate of drug-likeness (QED) is 0.773. The van der Waals surface area contributed by atoms with Crippen LogP contribution in [0.4, 0.5) is 0 Å². The first-order chi connectivity index (χ1) is 11.9. The minimum absolute atomic E-state index is 0.0584. The largest absolute Gasteiger partial charge is 0.347 e. The van der Waals surface area contributed by atoms with E-state index in [1.807, 2.05) is 40.1 Å². The molecule has 0 fully saturated rings. The summed E-state index contributed by atoms with van der Waals surface area (Å²) < 4.78 is 3.88. The number of pyridine rings is 1. The minimum atomic E-state index is -0.0584. The summed E-state index contributed by atoms with van der Waals surface area (Å²) in [6.45, 7) is 6.58. The number of hydrogen-bond acceptors (Lipinski definition) is 4. The highest BCUT2D eigenvalue weighted by Gasteiger charge is 2.24. The lowest BCUT2D eigenvalue weighted by Crippen LogP contribution is -2.41. The van der Waals surface area contributed by atoms with Gasteiger partial charge in [0.15, 0.2) is 5.65 Å². The Kier molecular flexibility index (Phi) is 3.59. The Hall–Kier alpha value is -2.70. The molecule has 4 rings (SSSR count). The van der Waals surface area contributed by atoms with Crippen molar-refractivity contribution < 1.29 is 4.79 Å². The van der Waals surface area contributed by atoms with E-state index < -0.39 is 0 Å². The molecule has 0 radical (unpaired) electrons. The van der Waals surface area contributed by atoms with Crippen molar-refractivity contribution in [2.45, 2.75) is 46.2 Å². The molecule has 7 nitrogen and oxygen atoms in total. The molecule has 0 aliphatic carbocycles. The monoisotopic (exact) mass is 338 g/mol. The zero-order chi connectivity index (χ0) is 17.7. The Morgan fingerprint density at radius 3 is 2.84 bits per heavy atom. The van der Waals surface area contributed by atoms with Crippen LogP contribution in [0.3, 0.4) is 0 Å². The highest BCUT2D eigenvalue weighted by molar-refractivity contribution is 6.06. The van der Waals surface area contributed by atoms with Crippen molar-refractivity contribution in [1.29, 1.82) is 0 Å². The van der Waals surface area contributed by atoms with Gasteiger partial charge in [-0.05, 0) is 33.3 Å². The smallest absolute Gasteiger partial charge is 0.252 e.